The van der Waals surface area contributed by atoms with Gasteiger partial charge in [-0.25, -0.2) is 0 Å². The zero-order valence-electron chi connectivity index (χ0n) is 12.5. The molecule has 2 rings (SSSR count). The van der Waals surface area contributed by atoms with Crippen molar-refractivity contribution >= 4 is 0 Å². The Hall–Kier alpha value is -0.860. The van der Waals surface area contributed by atoms with E-state index in [-0.39, 0.29) is 11.6 Å². The topological polar surface area (TPSA) is 35.2 Å². The van der Waals surface area contributed by atoms with Gasteiger partial charge in [-0.1, -0.05) is 37.6 Å². The van der Waals surface area contributed by atoms with Gasteiger partial charge in [-0.3, -0.25) is 0 Å². The van der Waals surface area contributed by atoms with Gasteiger partial charge in [-0.15, -0.1) is 0 Å². The molecule has 2 heteroatoms. The van der Waals surface area contributed by atoms with E-state index in [1.54, 1.807) is 0 Å². The van der Waals surface area contributed by atoms with Gasteiger partial charge in [0.05, 0.1) is 11.6 Å². The molecule has 0 heterocycles. The Morgan fingerprint density at radius 2 is 1.89 bits per heavy atom. The van der Waals surface area contributed by atoms with Gasteiger partial charge in [0.2, 0.25) is 0 Å². The van der Waals surface area contributed by atoms with Crippen LogP contribution in [0, 0.1) is 0 Å². The number of nitrogens with two attached hydrogens (primary N) is 1. The normalized spacial score (nSPS) is 20.6. The molecule has 19 heavy (non-hydrogen) atoms. The van der Waals surface area contributed by atoms with Crippen LogP contribution in [0.4, 0.5) is 0 Å². The monoisotopic (exact) mass is 261 g/mol. The van der Waals surface area contributed by atoms with Crippen molar-refractivity contribution in [3.05, 3.63) is 35.4 Å². The van der Waals surface area contributed by atoms with Crippen molar-refractivity contribution in [3.63, 3.8) is 0 Å². The van der Waals surface area contributed by atoms with Crippen molar-refractivity contribution in [2.75, 3.05) is 6.61 Å². The van der Waals surface area contributed by atoms with Crippen LogP contribution in [0.3, 0.4) is 0 Å². The van der Waals surface area contributed by atoms with Crippen LogP contribution in [0.15, 0.2) is 24.3 Å². The molecule has 0 bridgehead atoms. The minimum absolute atomic E-state index is 0.0621. The highest BCUT2D eigenvalue weighted by molar-refractivity contribution is 5.29. The van der Waals surface area contributed by atoms with E-state index in [9.17, 15) is 0 Å². The summed E-state index contributed by atoms with van der Waals surface area (Å²) in [4.78, 5) is 0. The maximum absolute atomic E-state index is 6.42. The molecule has 0 saturated heterocycles. The first-order valence-corrected chi connectivity index (χ1v) is 7.60. The molecule has 1 aliphatic carbocycles. The Labute approximate surface area is 117 Å². The summed E-state index contributed by atoms with van der Waals surface area (Å²) in [5, 5.41) is 0. The van der Waals surface area contributed by atoms with E-state index in [0.29, 0.717) is 6.61 Å². The maximum atomic E-state index is 6.42. The molecular formula is C17H27NO. The van der Waals surface area contributed by atoms with Crippen LogP contribution in [0.5, 0.6) is 0 Å². The Balaban J connectivity index is 2.11. The first-order chi connectivity index (χ1) is 9.10. The second-order valence-corrected chi connectivity index (χ2v) is 5.87. The van der Waals surface area contributed by atoms with E-state index in [2.05, 4.69) is 38.1 Å². The van der Waals surface area contributed by atoms with Crippen LogP contribution in [0.1, 0.15) is 69.5 Å². The molecule has 106 valence electrons. The highest BCUT2D eigenvalue weighted by Crippen LogP contribution is 2.37. The zero-order valence-corrected chi connectivity index (χ0v) is 12.5. The maximum Gasteiger partial charge on any atom is 0.0843 e. The fourth-order valence-electron chi connectivity index (χ4n) is 2.81. The average Bonchev–Trinajstić information content (AvgIpc) is 2.37. The van der Waals surface area contributed by atoms with Crippen LogP contribution in [0.25, 0.3) is 0 Å². The van der Waals surface area contributed by atoms with Gasteiger partial charge < -0.3 is 10.5 Å². The molecule has 1 aromatic rings. The summed E-state index contributed by atoms with van der Waals surface area (Å²) >= 11 is 0. The molecule has 1 fully saturated rings. The number of rotatable bonds is 6. The quantitative estimate of drug-likeness (QED) is 0.834. The molecule has 2 unspecified atom stereocenters. The lowest BCUT2D eigenvalue weighted by Crippen LogP contribution is -2.40. The van der Waals surface area contributed by atoms with E-state index in [1.807, 2.05) is 6.92 Å². The van der Waals surface area contributed by atoms with E-state index < -0.39 is 0 Å². The highest BCUT2D eigenvalue weighted by atomic mass is 16.5. The van der Waals surface area contributed by atoms with Gasteiger partial charge in [0.25, 0.3) is 0 Å². The molecule has 2 atom stereocenters. The van der Waals surface area contributed by atoms with Gasteiger partial charge in [-0.05, 0) is 50.2 Å². The third-order valence-electron chi connectivity index (χ3n) is 4.71. The van der Waals surface area contributed by atoms with Crippen LogP contribution in [0.2, 0.25) is 0 Å². The molecule has 2 N–H and O–H groups in total. The predicted molar refractivity (Wildman–Crippen MR) is 80.3 cm³/mol. The molecular weight excluding hydrogens is 234 g/mol. The van der Waals surface area contributed by atoms with Gasteiger partial charge in [0.15, 0.2) is 0 Å². The predicted octanol–water partition coefficient (Wildman–Crippen LogP) is 4.16. The van der Waals surface area contributed by atoms with Gasteiger partial charge in [0, 0.05) is 6.61 Å². The second kappa shape index (κ2) is 6.06. The largest absolute Gasteiger partial charge is 0.374 e. The molecule has 0 amide bonds. The van der Waals surface area contributed by atoms with Crippen LogP contribution in [-0.4, -0.2) is 12.2 Å². The lowest BCUT2D eigenvalue weighted by atomic mass is 9.79. The van der Waals surface area contributed by atoms with Gasteiger partial charge in [0.1, 0.15) is 0 Å². The third kappa shape index (κ3) is 3.01. The third-order valence-corrected chi connectivity index (χ3v) is 4.71. The Morgan fingerprint density at radius 3 is 2.32 bits per heavy atom. The molecule has 1 aromatic carbocycles. The minimum Gasteiger partial charge on any atom is -0.374 e. The van der Waals surface area contributed by atoms with E-state index in [1.165, 1.54) is 30.4 Å². The van der Waals surface area contributed by atoms with Crippen LogP contribution in [-0.2, 0) is 4.74 Å². The zero-order chi connectivity index (χ0) is 13.9. The summed E-state index contributed by atoms with van der Waals surface area (Å²) < 4.78 is 5.88. The summed E-state index contributed by atoms with van der Waals surface area (Å²) in [5.41, 5.74) is 8.80. The summed E-state index contributed by atoms with van der Waals surface area (Å²) in [6, 6.07) is 8.81. The lowest BCUT2D eigenvalue weighted by Gasteiger charge is -2.35. The summed E-state index contributed by atoms with van der Waals surface area (Å²) in [6.45, 7) is 6.98. The molecule has 1 aliphatic rings. The second-order valence-electron chi connectivity index (χ2n) is 5.87. The molecule has 0 radical (unpaired) electrons. The van der Waals surface area contributed by atoms with E-state index in [0.717, 1.165) is 12.3 Å². The van der Waals surface area contributed by atoms with Gasteiger partial charge >= 0.3 is 0 Å². The van der Waals surface area contributed by atoms with E-state index in [4.69, 9.17) is 10.5 Å². The summed E-state index contributed by atoms with van der Waals surface area (Å²) in [6.07, 6.45) is 4.99. The van der Waals surface area contributed by atoms with Crippen molar-refractivity contribution in [3.8, 4) is 0 Å². The van der Waals surface area contributed by atoms with Crippen molar-refractivity contribution < 1.29 is 4.74 Å². The first-order valence-electron chi connectivity index (χ1n) is 7.60. The lowest BCUT2D eigenvalue weighted by molar-refractivity contribution is -0.0472. The SMILES string of the molecule is CCOC(C)(CC)C(N)c1ccc(C2CCC2)cc1. The number of benzene rings is 1. The van der Waals surface area contributed by atoms with Crippen LogP contribution >= 0.6 is 0 Å². The first kappa shape index (κ1) is 14.5. The molecule has 0 aliphatic heterocycles. The van der Waals surface area contributed by atoms with Crippen LogP contribution < -0.4 is 5.73 Å². The fourth-order valence-corrected chi connectivity index (χ4v) is 2.81. The molecule has 0 aromatic heterocycles. The standard InChI is InChI=1S/C17H27NO/c1-4-17(3,19-5-2)16(18)15-11-9-14(10-12-15)13-7-6-8-13/h9-13,16H,4-8,18H2,1-3H3. The van der Waals surface area contributed by atoms with Crippen molar-refractivity contribution in [1.82, 2.24) is 0 Å². The summed E-state index contributed by atoms with van der Waals surface area (Å²) in [5.74, 6) is 0.787. The average molecular weight is 261 g/mol. The molecule has 1 saturated carbocycles. The summed E-state index contributed by atoms with van der Waals surface area (Å²) in [7, 11) is 0. The molecule has 0 spiro atoms. The number of hydrogen-bond acceptors (Lipinski definition) is 2. The highest BCUT2D eigenvalue weighted by Gasteiger charge is 2.31. The number of ether oxygens (including phenoxy) is 1. The Morgan fingerprint density at radius 1 is 1.26 bits per heavy atom. The molecule has 2 nitrogen and oxygen atoms in total. The van der Waals surface area contributed by atoms with E-state index >= 15 is 0 Å². The smallest absolute Gasteiger partial charge is 0.0843 e. The van der Waals surface area contributed by atoms with Crippen molar-refractivity contribution in [1.29, 1.82) is 0 Å². The Bertz CT molecular complexity index is 396. The van der Waals surface area contributed by atoms with Crippen molar-refractivity contribution in [2.45, 2.75) is 64.0 Å². The fraction of sp³-hybridized carbons (Fsp3) is 0.647. The number of hydrogen-bond donors (Lipinski definition) is 1. The Kier molecular flexibility index (Phi) is 4.64. The minimum atomic E-state index is -0.271. The van der Waals surface area contributed by atoms with Crippen molar-refractivity contribution in [2.24, 2.45) is 5.73 Å². The van der Waals surface area contributed by atoms with Gasteiger partial charge in [-0.2, -0.15) is 0 Å².